The molecule has 0 bridgehead atoms. The zero-order valence-corrected chi connectivity index (χ0v) is 15.9. The molecule has 0 spiro atoms. The van der Waals surface area contributed by atoms with E-state index in [1.165, 1.54) is 5.56 Å². The van der Waals surface area contributed by atoms with Gasteiger partial charge in [-0.25, -0.2) is 0 Å². The quantitative estimate of drug-likeness (QED) is 0.583. The van der Waals surface area contributed by atoms with Crippen molar-refractivity contribution < 1.29 is 18.8 Å². The van der Waals surface area contributed by atoms with Gasteiger partial charge in [0.05, 0.1) is 0 Å². The Morgan fingerprint density at radius 3 is 2.39 bits per heavy atom. The van der Waals surface area contributed by atoms with E-state index in [1.807, 2.05) is 31.2 Å². The molecule has 28 heavy (non-hydrogen) atoms. The summed E-state index contributed by atoms with van der Waals surface area (Å²) in [6.45, 7) is 3.73. The monoisotopic (exact) mass is 378 g/mol. The molecule has 1 aromatic heterocycles. The Hall–Kier alpha value is -3.41. The predicted octanol–water partition coefficient (Wildman–Crippen LogP) is 4.51. The number of hydrogen-bond donors (Lipinski definition) is 1. The van der Waals surface area contributed by atoms with Gasteiger partial charge in [0, 0.05) is 23.6 Å². The molecule has 6 heteroatoms. The van der Waals surface area contributed by atoms with E-state index in [2.05, 4.69) is 17.4 Å². The number of rotatable bonds is 8. The number of Topliss-reactive ketones (excluding diaryl/α,β-unsaturated/α-hetero) is 1. The lowest BCUT2D eigenvalue weighted by Crippen LogP contribution is -2.19. The number of nitrogens with one attached hydrogen (secondary N) is 1. The van der Waals surface area contributed by atoms with E-state index in [0.29, 0.717) is 23.4 Å². The number of aryl methyl sites for hydroxylation is 1. The number of carbonyl (C=O) groups is 2. The number of hydrogen-bond acceptors (Lipinski definition) is 5. The third kappa shape index (κ3) is 4.85. The van der Waals surface area contributed by atoms with Crippen LogP contribution >= 0.6 is 0 Å². The van der Waals surface area contributed by atoms with Crippen LogP contribution in [-0.2, 0) is 11.2 Å². The smallest absolute Gasteiger partial charge is 0.264 e. The SMILES string of the molecule is CCC(=O)c1ccc(OCC(=O)Nc2cc(-c3ccc(CC)cc3)no2)cc1. The topological polar surface area (TPSA) is 81.4 Å². The van der Waals surface area contributed by atoms with Crippen molar-refractivity contribution in [1.29, 1.82) is 0 Å². The molecule has 3 aromatic rings. The normalized spacial score (nSPS) is 10.5. The second kappa shape index (κ2) is 8.99. The van der Waals surface area contributed by atoms with Crippen LogP contribution in [0.25, 0.3) is 11.3 Å². The van der Waals surface area contributed by atoms with Crippen LogP contribution in [0.2, 0.25) is 0 Å². The Bertz CT molecular complexity index is 943. The molecule has 0 saturated carbocycles. The Kier molecular flexibility index (Phi) is 6.22. The number of benzene rings is 2. The summed E-state index contributed by atoms with van der Waals surface area (Å²) in [7, 11) is 0. The first kappa shape index (κ1) is 19.4. The van der Waals surface area contributed by atoms with Gasteiger partial charge in [-0.3, -0.25) is 14.9 Å². The van der Waals surface area contributed by atoms with Gasteiger partial charge >= 0.3 is 0 Å². The van der Waals surface area contributed by atoms with Gasteiger partial charge in [-0.2, -0.15) is 0 Å². The average Bonchev–Trinajstić information content (AvgIpc) is 3.20. The molecule has 0 atom stereocenters. The van der Waals surface area contributed by atoms with Crippen molar-refractivity contribution in [1.82, 2.24) is 5.16 Å². The number of anilines is 1. The van der Waals surface area contributed by atoms with Gasteiger partial charge in [0.15, 0.2) is 12.4 Å². The van der Waals surface area contributed by atoms with Crippen molar-refractivity contribution in [2.75, 3.05) is 11.9 Å². The molecule has 0 aliphatic carbocycles. The summed E-state index contributed by atoms with van der Waals surface area (Å²) >= 11 is 0. The Morgan fingerprint density at radius 2 is 1.75 bits per heavy atom. The Morgan fingerprint density at radius 1 is 1.04 bits per heavy atom. The minimum Gasteiger partial charge on any atom is -0.484 e. The fourth-order valence-electron chi connectivity index (χ4n) is 2.64. The Balaban J connectivity index is 1.53. The second-order valence-corrected chi connectivity index (χ2v) is 6.26. The van der Waals surface area contributed by atoms with E-state index in [0.717, 1.165) is 12.0 Å². The maximum absolute atomic E-state index is 12.1. The number of amides is 1. The van der Waals surface area contributed by atoms with Crippen molar-refractivity contribution >= 4 is 17.6 Å². The van der Waals surface area contributed by atoms with E-state index in [4.69, 9.17) is 9.26 Å². The van der Waals surface area contributed by atoms with Gasteiger partial charge in [0.2, 0.25) is 5.88 Å². The predicted molar refractivity (Wildman–Crippen MR) is 107 cm³/mol. The highest BCUT2D eigenvalue weighted by atomic mass is 16.5. The van der Waals surface area contributed by atoms with Crippen LogP contribution in [0.4, 0.5) is 5.88 Å². The van der Waals surface area contributed by atoms with Crippen molar-refractivity contribution in [3.05, 3.63) is 65.7 Å². The first-order valence-electron chi connectivity index (χ1n) is 9.21. The van der Waals surface area contributed by atoms with Gasteiger partial charge in [0.1, 0.15) is 11.4 Å². The summed E-state index contributed by atoms with van der Waals surface area (Å²) in [6.07, 6.45) is 1.42. The zero-order valence-electron chi connectivity index (χ0n) is 15.9. The summed E-state index contributed by atoms with van der Waals surface area (Å²) in [5.74, 6) is 0.469. The maximum atomic E-state index is 12.1. The van der Waals surface area contributed by atoms with Gasteiger partial charge in [-0.1, -0.05) is 43.3 Å². The number of aromatic nitrogens is 1. The van der Waals surface area contributed by atoms with E-state index in [9.17, 15) is 9.59 Å². The van der Waals surface area contributed by atoms with E-state index in [1.54, 1.807) is 30.3 Å². The molecule has 0 saturated heterocycles. The molecule has 1 heterocycles. The number of carbonyl (C=O) groups excluding carboxylic acids is 2. The minimum atomic E-state index is -0.363. The zero-order chi connectivity index (χ0) is 19.9. The first-order valence-corrected chi connectivity index (χ1v) is 9.21. The fraction of sp³-hybridized carbons (Fsp3) is 0.227. The lowest BCUT2D eigenvalue weighted by molar-refractivity contribution is -0.118. The third-order valence-corrected chi connectivity index (χ3v) is 4.30. The largest absolute Gasteiger partial charge is 0.484 e. The van der Waals surface area contributed by atoms with Crippen molar-refractivity contribution in [2.24, 2.45) is 0 Å². The van der Waals surface area contributed by atoms with Crippen LogP contribution in [0.1, 0.15) is 36.2 Å². The molecule has 0 radical (unpaired) electrons. The van der Waals surface area contributed by atoms with Gasteiger partial charge in [-0.05, 0) is 36.2 Å². The first-order chi connectivity index (χ1) is 13.6. The molecule has 0 unspecified atom stereocenters. The molecule has 0 aliphatic heterocycles. The standard InChI is InChI=1S/C22H22N2O4/c1-3-15-5-7-16(8-6-15)19-13-22(28-24-19)23-21(26)14-27-18-11-9-17(10-12-18)20(25)4-2/h5-13H,3-4,14H2,1-2H3,(H,23,26). The molecule has 0 aliphatic rings. The van der Waals surface area contributed by atoms with Gasteiger partial charge in [0.25, 0.3) is 5.91 Å². The van der Waals surface area contributed by atoms with Crippen LogP contribution in [0.15, 0.2) is 59.1 Å². The van der Waals surface area contributed by atoms with E-state index in [-0.39, 0.29) is 24.2 Å². The highest BCUT2D eigenvalue weighted by Gasteiger charge is 2.11. The van der Waals surface area contributed by atoms with Crippen LogP contribution in [0, 0.1) is 0 Å². The molecular formula is C22H22N2O4. The van der Waals surface area contributed by atoms with Crippen LogP contribution in [0.5, 0.6) is 5.75 Å². The summed E-state index contributed by atoms with van der Waals surface area (Å²) in [5, 5.41) is 6.60. The summed E-state index contributed by atoms with van der Waals surface area (Å²) < 4.78 is 10.6. The van der Waals surface area contributed by atoms with Crippen molar-refractivity contribution in [3.8, 4) is 17.0 Å². The van der Waals surface area contributed by atoms with Gasteiger partial charge < -0.3 is 9.26 Å². The number of ketones is 1. The van der Waals surface area contributed by atoms with E-state index >= 15 is 0 Å². The molecule has 1 amide bonds. The van der Waals surface area contributed by atoms with Crippen LogP contribution < -0.4 is 10.1 Å². The highest BCUT2D eigenvalue weighted by Crippen LogP contribution is 2.22. The fourth-order valence-corrected chi connectivity index (χ4v) is 2.64. The molecule has 0 fully saturated rings. The van der Waals surface area contributed by atoms with Crippen molar-refractivity contribution in [2.45, 2.75) is 26.7 Å². The van der Waals surface area contributed by atoms with Crippen LogP contribution in [-0.4, -0.2) is 23.5 Å². The maximum Gasteiger partial charge on any atom is 0.264 e. The van der Waals surface area contributed by atoms with Crippen LogP contribution in [0.3, 0.4) is 0 Å². The van der Waals surface area contributed by atoms with E-state index < -0.39 is 0 Å². The number of nitrogens with zero attached hydrogens (tertiary/aromatic N) is 1. The molecule has 3 rings (SSSR count). The molecule has 6 nitrogen and oxygen atoms in total. The molecule has 1 N–H and O–H groups in total. The second-order valence-electron chi connectivity index (χ2n) is 6.26. The molecular weight excluding hydrogens is 356 g/mol. The Labute approximate surface area is 163 Å². The third-order valence-electron chi connectivity index (χ3n) is 4.30. The highest BCUT2D eigenvalue weighted by molar-refractivity contribution is 5.96. The lowest BCUT2D eigenvalue weighted by atomic mass is 10.1. The van der Waals surface area contributed by atoms with Crippen molar-refractivity contribution in [3.63, 3.8) is 0 Å². The lowest BCUT2D eigenvalue weighted by Gasteiger charge is -2.06. The molecule has 2 aromatic carbocycles. The average molecular weight is 378 g/mol. The van der Waals surface area contributed by atoms with Gasteiger partial charge in [-0.15, -0.1) is 0 Å². The molecule has 144 valence electrons. The summed E-state index contributed by atoms with van der Waals surface area (Å²) in [5.41, 5.74) is 3.43. The number of ether oxygens (including phenoxy) is 1. The summed E-state index contributed by atoms with van der Waals surface area (Å²) in [4.78, 5) is 23.7. The minimum absolute atomic E-state index is 0.0646. The summed E-state index contributed by atoms with van der Waals surface area (Å²) in [6, 6.07) is 16.4.